The zero-order valence-corrected chi connectivity index (χ0v) is 9.89. The second-order valence-electron chi connectivity index (χ2n) is 4.49. The molecule has 0 amide bonds. The maximum Gasteiger partial charge on any atom is 0.149 e. The molecule has 1 fully saturated rings. The molecule has 0 aromatic carbocycles. The highest BCUT2D eigenvalue weighted by Crippen LogP contribution is 2.23. The molecule has 2 rings (SSSR count). The second-order valence-corrected chi connectivity index (χ2v) is 4.49. The van der Waals surface area contributed by atoms with E-state index in [0.717, 1.165) is 24.8 Å². The monoisotopic (exact) mass is 220 g/mol. The second kappa shape index (κ2) is 5.14. The van der Waals surface area contributed by atoms with Crippen LogP contribution in [0.1, 0.15) is 32.6 Å². The van der Waals surface area contributed by atoms with Crippen LogP contribution in [0.3, 0.4) is 0 Å². The Morgan fingerprint density at radius 2 is 2.25 bits per heavy atom. The molecule has 1 aliphatic heterocycles. The van der Waals surface area contributed by atoms with Crippen LogP contribution >= 0.6 is 0 Å². The third-order valence-electron chi connectivity index (χ3n) is 3.39. The molecule has 1 aromatic rings. The highest BCUT2D eigenvalue weighted by atomic mass is 15.2. The lowest BCUT2D eigenvalue weighted by Gasteiger charge is -2.21. The number of anilines is 2. The van der Waals surface area contributed by atoms with Crippen LogP contribution in [-0.2, 0) is 0 Å². The number of nitrogens with zero attached hydrogens (tertiary/aromatic N) is 3. The van der Waals surface area contributed by atoms with Gasteiger partial charge in [0.25, 0.3) is 0 Å². The summed E-state index contributed by atoms with van der Waals surface area (Å²) >= 11 is 0. The van der Waals surface area contributed by atoms with Crippen molar-refractivity contribution in [2.24, 2.45) is 5.92 Å². The average molecular weight is 220 g/mol. The van der Waals surface area contributed by atoms with Crippen molar-refractivity contribution in [2.75, 3.05) is 23.7 Å². The predicted octanol–water partition coefficient (Wildman–Crippen LogP) is 2.08. The molecule has 1 aromatic heterocycles. The highest BCUT2D eigenvalue weighted by molar-refractivity contribution is 5.41. The van der Waals surface area contributed by atoms with E-state index in [1.165, 1.54) is 25.7 Å². The minimum atomic E-state index is 0.508. The van der Waals surface area contributed by atoms with Crippen LogP contribution in [0.5, 0.6) is 0 Å². The molecule has 4 heteroatoms. The van der Waals surface area contributed by atoms with Gasteiger partial charge < -0.3 is 10.6 Å². The van der Waals surface area contributed by atoms with Gasteiger partial charge in [-0.1, -0.05) is 13.3 Å². The van der Waals surface area contributed by atoms with Crippen LogP contribution in [-0.4, -0.2) is 23.1 Å². The Hall–Kier alpha value is -1.32. The van der Waals surface area contributed by atoms with Crippen LogP contribution in [0.25, 0.3) is 0 Å². The van der Waals surface area contributed by atoms with Gasteiger partial charge in [-0.05, 0) is 25.2 Å². The minimum absolute atomic E-state index is 0.508. The molecule has 1 saturated heterocycles. The van der Waals surface area contributed by atoms with Gasteiger partial charge in [-0.2, -0.15) is 0 Å². The molecule has 0 aliphatic carbocycles. The fourth-order valence-corrected chi connectivity index (χ4v) is 2.33. The first-order valence-electron chi connectivity index (χ1n) is 6.12. The summed E-state index contributed by atoms with van der Waals surface area (Å²) in [6.45, 7) is 4.44. The van der Waals surface area contributed by atoms with E-state index in [1.54, 1.807) is 6.20 Å². The Morgan fingerprint density at radius 1 is 1.38 bits per heavy atom. The molecule has 16 heavy (non-hydrogen) atoms. The first-order valence-corrected chi connectivity index (χ1v) is 6.12. The predicted molar refractivity (Wildman–Crippen MR) is 66.3 cm³/mol. The van der Waals surface area contributed by atoms with Gasteiger partial charge in [0, 0.05) is 13.1 Å². The van der Waals surface area contributed by atoms with E-state index in [1.807, 2.05) is 6.20 Å². The van der Waals surface area contributed by atoms with E-state index < -0.39 is 0 Å². The first kappa shape index (κ1) is 11.2. The molecular formula is C12H20N4. The lowest BCUT2D eigenvalue weighted by molar-refractivity contribution is 0.459. The van der Waals surface area contributed by atoms with Gasteiger partial charge in [-0.15, -0.1) is 0 Å². The van der Waals surface area contributed by atoms with Crippen molar-refractivity contribution >= 4 is 11.6 Å². The van der Waals surface area contributed by atoms with Crippen LogP contribution in [0.4, 0.5) is 11.6 Å². The third-order valence-corrected chi connectivity index (χ3v) is 3.39. The number of hydrogen-bond acceptors (Lipinski definition) is 4. The molecule has 0 radical (unpaired) electrons. The van der Waals surface area contributed by atoms with Crippen molar-refractivity contribution < 1.29 is 0 Å². The van der Waals surface area contributed by atoms with Crippen LogP contribution in [0, 0.1) is 5.92 Å². The quantitative estimate of drug-likeness (QED) is 0.829. The van der Waals surface area contributed by atoms with Crippen LogP contribution in [0.2, 0.25) is 0 Å². The summed E-state index contributed by atoms with van der Waals surface area (Å²) in [7, 11) is 0. The van der Waals surface area contributed by atoms with E-state index in [9.17, 15) is 0 Å². The topological polar surface area (TPSA) is 55.0 Å². The SMILES string of the molecule is CCC1CCCN(c2cncc(N)n2)CC1. The Kier molecular flexibility index (Phi) is 3.59. The van der Waals surface area contributed by atoms with Crippen molar-refractivity contribution in [3.63, 3.8) is 0 Å². The first-order chi connectivity index (χ1) is 7.79. The van der Waals surface area contributed by atoms with Crippen molar-refractivity contribution in [3.05, 3.63) is 12.4 Å². The van der Waals surface area contributed by atoms with Gasteiger partial charge in [0.15, 0.2) is 0 Å². The standard InChI is InChI=1S/C12H20N4/c1-2-10-4-3-6-16(7-5-10)12-9-14-8-11(13)15-12/h8-10H,2-7H2,1H3,(H2,13,15). The fraction of sp³-hybridized carbons (Fsp3) is 0.667. The number of aromatic nitrogens is 2. The summed E-state index contributed by atoms with van der Waals surface area (Å²) in [5.74, 6) is 2.31. The van der Waals surface area contributed by atoms with Gasteiger partial charge in [0.05, 0.1) is 12.4 Å². The van der Waals surface area contributed by atoms with Gasteiger partial charge in [0.2, 0.25) is 0 Å². The van der Waals surface area contributed by atoms with Crippen LogP contribution < -0.4 is 10.6 Å². The zero-order chi connectivity index (χ0) is 11.4. The molecule has 0 spiro atoms. The Morgan fingerprint density at radius 3 is 3.00 bits per heavy atom. The molecule has 2 N–H and O–H groups in total. The number of hydrogen-bond donors (Lipinski definition) is 1. The van der Waals surface area contributed by atoms with E-state index >= 15 is 0 Å². The van der Waals surface area contributed by atoms with Gasteiger partial charge >= 0.3 is 0 Å². The summed E-state index contributed by atoms with van der Waals surface area (Å²) in [6.07, 6.45) is 8.53. The number of nitrogens with two attached hydrogens (primary N) is 1. The van der Waals surface area contributed by atoms with Crippen molar-refractivity contribution in [2.45, 2.75) is 32.6 Å². The molecular weight excluding hydrogens is 200 g/mol. The molecule has 2 heterocycles. The maximum absolute atomic E-state index is 5.66. The maximum atomic E-state index is 5.66. The zero-order valence-electron chi connectivity index (χ0n) is 9.89. The lowest BCUT2D eigenvalue weighted by atomic mass is 9.98. The molecule has 1 aliphatic rings. The largest absolute Gasteiger partial charge is 0.382 e. The summed E-state index contributed by atoms with van der Waals surface area (Å²) < 4.78 is 0. The summed E-state index contributed by atoms with van der Waals surface area (Å²) in [4.78, 5) is 10.7. The smallest absolute Gasteiger partial charge is 0.149 e. The lowest BCUT2D eigenvalue weighted by Crippen LogP contribution is -2.25. The minimum Gasteiger partial charge on any atom is -0.382 e. The van der Waals surface area contributed by atoms with E-state index in [-0.39, 0.29) is 0 Å². The normalized spacial score (nSPS) is 21.8. The van der Waals surface area contributed by atoms with Crippen LogP contribution in [0.15, 0.2) is 12.4 Å². The number of rotatable bonds is 2. The molecule has 88 valence electrons. The Balaban J connectivity index is 2.04. The van der Waals surface area contributed by atoms with Gasteiger partial charge in [-0.25, -0.2) is 4.98 Å². The molecule has 4 nitrogen and oxygen atoms in total. The van der Waals surface area contributed by atoms with E-state index in [4.69, 9.17) is 5.73 Å². The molecule has 1 atom stereocenters. The van der Waals surface area contributed by atoms with Gasteiger partial charge in [-0.3, -0.25) is 4.98 Å². The van der Waals surface area contributed by atoms with Crippen molar-refractivity contribution in [1.29, 1.82) is 0 Å². The van der Waals surface area contributed by atoms with Crippen molar-refractivity contribution in [3.8, 4) is 0 Å². The Bertz CT molecular complexity index is 340. The molecule has 1 unspecified atom stereocenters. The summed E-state index contributed by atoms with van der Waals surface area (Å²) in [5, 5.41) is 0. The molecule has 0 saturated carbocycles. The van der Waals surface area contributed by atoms with Gasteiger partial charge in [0.1, 0.15) is 11.6 Å². The molecule has 0 bridgehead atoms. The summed E-state index contributed by atoms with van der Waals surface area (Å²) in [6, 6.07) is 0. The fourth-order valence-electron chi connectivity index (χ4n) is 2.33. The third kappa shape index (κ3) is 2.62. The number of nitrogen functional groups attached to an aromatic ring is 1. The Labute approximate surface area is 96.9 Å². The van der Waals surface area contributed by atoms with Crippen molar-refractivity contribution in [1.82, 2.24) is 9.97 Å². The average Bonchev–Trinajstić information content (AvgIpc) is 2.54. The summed E-state index contributed by atoms with van der Waals surface area (Å²) in [5.41, 5.74) is 5.66. The van der Waals surface area contributed by atoms with E-state index in [0.29, 0.717) is 5.82 Å². The van der Waals surface area contributed by atoms with E-state index in [2.05, 4.69) is 21.8 Å². The highest BCUT2D eigenvalue weighted by Gasteiger charge is 2.16.